The molecule has 0 amide bonds. The second-order valence-electron chi connectivity index (χ2n) is 4.54. The lowest BCUT2D eigenvalue weighted by atomic mass is 9.99. The standard InChI is InChI=1S/C17H14O3/c1-19-11-14-13-9-5-6-10-15(13)20-17(18)16(14)12-7-3-2-4-8-12/h2-10H,11H2,1H3. The van der Waals surface area contributed by atoms with Gasteiger partial charge in [0, 0.05) is 18.1 Å². The lowest BCUT2D eigenvalue weighted by Crippen LogP contribution is -2.08. The highest BCUT2D eigenvalue weighted by Gasteiger charge is 2.15. The molecule has 0 N–H and O–H groups in total. The molecule has 3 aromatic rings. The van der Waals surface area contributed by atoms with Gasteiger partial charge >= 0.3 is 5.63 Å². The van der Waals surface area contributed by atoms with Gasteiger partial charge in [0.15, 0.2) is 0 Å². The van der Waals surface area contributed by atoms with E-state index in [2.05, 4.69) is 0 Å². The molecule has 0 fully saturated rings. The number of hydrogen-bond donors (Lipinski definition) is 0. The molecule has 3 nitrogen and oxygen atoms in total. The predicted molar refractivity (Wildman–Crippen MR) is 78.6 cm³/mol. The van der Waals surface area contributed by atoms with Crippen LogP contribution in [0.3, 0.4) is 0 Å². The van der Waals surface area contributed by atoms with Gasteiger partial charge in [-0.25, -0.2) is 4.79 Å². The molecular formula is C17H14O3. The first kappa shape index (κ1) is 12.6. The largest absolute Gasteiger partial charge is 0.422 e. The smallest absolute Gasteiger partial charge is 0.344 e. The van der Waals surface area contributed by atoms with Crippen LogP contribution in [0.1, 0.15) is 5.56 Å². The van der Waals surface area contributed by atoms with E-state index in [1.54, 1.807) is 13.2 Å². The van der Waals surface area contributed by atoms with Crippen LogP contribution in [-0.4, -0.2) is 7.11 Å². The fraction of sp³-hybridized carbons (Fsp3) is 0.118. The molecule has 20 heavy (non-hydrogen) atoms. The van der Waals surface area contributed by atoms with Crippen LogP contribution < -0.4 is 5.63 Å². The van der Waals surface area contributed by atoms with Crippen molar-refractivity contribution in [1.29, 1.82) is 0 Å². The van der Waals surface area contributed by atoms with Crippen molar-refractivity contribution >= 4 is 11.0 Å². The van der Waals surface area contributed by atoms with E-state index in [9.17, 15) is 4.79 Å². The third-order valence-electron chi connectivity index (χ3n) is 3.27. The predicted octanol–water partition coefficient (Wildman–Crippen LogP) is 3.61. The van der Waals surface area contributed by atoms with Gasteiger partial charge in [-0.1, -0.05) is 48.5 Å². The van der Waals surface area contributed by atoms with Crippen LogP contribution >= 0.6 is 0 Å². The molecule has 0 unspecified atom stereocenters. The highest BCUT2D eigenvalue weighted by atomic mass is 16.5. The fourth-order valence-corrected chi connectivity index (χ4v) is 2.40. The molecule has 0 saturated carbocycles. The van der Waals surface area contributed by atoms with Crippen molar-refractivity contribution in [1.82, 2.24) is 0 Å². The van der Waals surface area contributed by atoms with Gasteiger partial charge in [-0.2, -0.15) is 0 Å². The first-order chi connectivity index (χ1) is 9.81. The van der Waals surface area contributed by atoms with E-state index in [0.717, 1.165) is 16.5 Å². The van der Waals surface area contributed by atoms with Crippen molar-refractivity contribution in [2.75, 3.05) is 7.11 Å². The van der Waals surface area contributed by atoms with E-state index in [1.807, 2.05) is 48.5 Å². The Balaban J connectivity index is 2.38. The van der Waals surface area contributed by atoms with Gasteiger partial charge in [0.1, 0.15) is 5.58 Å². The van der Waals surface area contributed by atoms with Gasteiger partial charge in [-0.15, -0.1) is 0 Å². The number of benzene rings is 2. The molecule has 0 spiro atoms. The van der Waals surface area contributed by atoms with Crippen molar-refractivity contribution in [3.05, 3.63) is 70.6 Å². The number of hydrogen-bond acceptors (Lipinski definition) is 3. The highest BCUT2D eigenvalue weighted by Crippen LogP contribution is 2.27. The maximum atomic E-state index is 12.3. The number of methoxy groups -OCH3 is 1. The second kappa shape index (κ2) is 5.31. The van der Waals surface area contributed by atoms with Crippen LogP contribution in [0.15, 0.2) is 63.8 Å². The summed E-state index contributed by atoms with van der Waals surface area (Å²) in [5.74, 6) is 0. The molecular weight excluding hydrogens is 252 g/mol. The van der Waals surface area contributed by atoms with Crippen LogP contribution in [0, 0.1) is 0 Å². The Morgan fingerprint density at radius 3 is 2.45 bits per heavy atom. The molecule has 3 rings (SSSR count). The summed E-state index contributed by atoms with van der Waals surface area (Å²) in [5.41, 5.74) is 2.54. The monoisotopic (exact) mass is 266 g/mol. The fourth-order valence-electron chi connectivity index (χ4n) is 2.40. The minimum atomic E-state index is -0.332. The molecule has 0 aliphatic heterocycles. The van der Waals surface area contributed by atoms with Gasteiger partial charge < -0.3 is 9.15 Å². The van der Waals surface area contributed by atoms with Crippen LogP contribution in [0.2, 0.25) is 0 Å². The lowest BCUT2D eigenvalue weighted by Gasteiger charge is -2.10. The van der Waals surface area contributed by atoms with E-state index in [4.69, 9.17) is 9.15 Å². The first-order valence-corrected chi connectivity index (χ1v) is 6.40. The lowest BCUT2D eigenvalue weighted by molar-refractivity contribution is 0.186. The van der Waals surface area contributed by atoms with Gasteiger partial charge in [-0.05, 0) is 11.6 Å². The molecule has 0 radical (unpaired) electrons. The number of fused-ring (bicyclic) bond motifs is 1. The summed E-state index contributed by atoms with van der Waals surface area (Å²) in [6.07, 6.45) is 0. The van der Waals surface area contributed by atoms with Crippen molar-refractivity contribution < 1.29 is 9.15 Å². The summed E-state index contributed by atoms with van der Waals surface area (Å²) >= 11 is 0. The Morgan fingerprint density at radius 1 is 1.00 bits per heavy atom. The summed E-state index contributed by atoms with van der Waals surface area (Å²) in [4.78, 5) is 12.3. The second-order valence-corrected chi connectivity index (χ2v) is 4.54. The third kappa shape index (κ3) is 2.12. The van der Waals surface area contributed by atoms with Crippen molar-refractivity contribution in [3.8, 4) is 11.1 Å². The Kier molecular flexibility index (Phi) is 3.35. The molecule has 2 aromatic carbocycles. The van der Waals surface area contributed by atoms with Crippen molar-refractivity contribution in [2.24, 2.45) is 0 Å². The summed E-state index contributed by atoms with van der Waals surface area (Å²) < 4.78 is 10.7. The summed E-state index contributed by atoms with van der Waals surface area (Å²) in [6, 6.07) is 17.0. The SMILES string of the molecule is COCc1c(-c2ccccc2)c(=O)oc2ccccc12. The minimum absolute atomic E-state index is 0.332. The molecule has 0 aliphatic carbocycles. The van der Waals surface area contributed by atoms with Gasteiger partial charge in [-0.3, -0.25) is 0 Å². The molecule has 1 aromatic heterocycles. The van der Waals surface area contributed by atoms with Crippen LogP contribution in [0.25, 0.3) is 22.1 Å². The zero-order valence-corrected chi connectivity index (χ0v) is 11.1. The van der Waals surface area contributed by atoms with Gasteiger partial charge in [0.05, 0.1) is 12.2 Å². The van der Waals surface area contributed by atoms with E-state index in [1.165, 1.54) is 0 Å². The molecule has 0 saturated heterocycles. The third-order valence-corrected chi connectivity index (χ3v) is 3.27. The first-order valence-electron chi connectivity index (χ1n) is 6.40. The van der Waals surface area contributed by atoms with E-state index in [-0.39, 0.29) is 5.63 Å². The zero-order valence-electron chi connectivity index (χ0n) is 11.1. The molecule has 0 aliphatic rings. The van der Waals surface area contributed by atoms with Gasteiger partial charge in [0.25, 0.3) is 0 Å². The van der Waals surface area contributed by atoms with Crippen LogP contribution in [-0.2, 0) is 11.3 Å². The van der Waals surface area contributed by atoms with Gasteiger partial charge in [0.2, 0.25) is 0 Å². The number of para-hydroxylation sites is 1. The maximum Gasteiger partial charge on any atom is 0.344 e. The molecule has 0 bridgehead atoms. The molecule has 0 atom stereocenters. The molecule has 100 valence electrons. The normalized spacial score (nSPS) is 10.8. The van der Waals surface area contributed by atoms with E-state index in [0.29, 0.717) is 17.8 Å². The zero-order chi connectivity index (χ0) is 13.9. The Labute approximate surface area is 116 Å². The van der Waals surface area contributed by atoms with Crippen LogP contribution in [0.5, 0.6) is 0 Å². The number of rotatable bonds is 3. The topological polar surface area (TPSA) is 39.4 Å². The molecule has 3 heteroatoms. The number of ether oxygens (including phenoxy) is 1. The highest BCUT2D eigenvalue weighted by molar-refractivity contribution is 5.86. The molecule has 1 heterocycles. The average Bonchev–Trinajstić information content (AvgIpc) is 2.48. The van der Waals surface area contributed by atoms with Crippen molar-refractivity contribution in [3.63, 3.8) is 0 Å². The maximum absolute atomic E-state index is 12.3. The quantitative estimate of drug-likeness (QED) is 0.680. The minimum Gasteiger partial charge on any atom is -0.422 e. The van der Waals surface area contributed by atoms with Crippen LogP contribution in [0.4, 0.5) is 0 Å². The summed E-state index contributed by atoms with van der Waals surface area (Å²) in [6.45, 7) is 0.371. The van der Waals surface area contributed by atoms with Crippen molar-refractivity contribution in [2.45, 2.75) is 6.61 Å². The summed E-state index contributed by atoms with van der Waals surface area (Å²) in [7, 11) is 1.62. The Bertz CT molecular complexity index is 788. The Hall–Kier alpha value is -2.39. The van der Waals surface area contributed by atoms with E-state index >= 15 is 0 Å². The summed E-state index contributed by atoms with van der Waals surface area (Å²) in [5, 5.41) is 0.910. The average molecular weight is 266 g/mol. The Morgan fingerprint density at radius 2 is 1.70 bits per heavy atom. The van der Waals surface area contributed by atoms with E-state index < -0.39 is 0 Å².